The van der Waals surface area contributed by atoms with Crippen molar-refractivity contribution in [1.29, 1.82) is 0 Å². The maximum atomic E-state index is 11.7. The molecule has 0 aliphatic heterocycles. The van der Waals surface area contributed by atoms with Crippen LogP contribution in [0.1, 0.15) is 38.3 Å². The standard InChI is InChI=1S/C18H24O6/c1-11(2)23-18(21)15(19)10-22-17(20)9-14(5)24-16-8-12(3)6-7-13(16)4/h6-8,11,14H,9-10H2,1-5H3. The maximum absolute atomic E-state index is 11.7. The molecule has 0 N–H and O–H groups in total. The van der Waals surface area contributed by atoms with Crippen LogP contribution in [0.15, 0.2) is 18.2 Å². The van der Waals surface area contributed by atoms with Gasteiger partial charge in [0.05, 0.1) is 12.5 Å². The summed E-state index contributed by atoms with van der Waals surface area (Å²) in [5.74, 6) is -1.80. The van der Waals surface area contributed by atoms with E-state index in [9.17, 15) is 14.4 Å². The van der Waals surface area contributed by atoms with E-state index < -0.39 is 36.5 Å². The van der Waals surface area contributed by atoms with Gasteiger partial charge in [-0.05, 0) is 51.8 Å². The smallest absolute Gasteiger partial charge is 0.378 e. The van der Waals surface area contributed by atoms with Crippen molar-refractivity contribution < 1.29 is 28.6 Å². The molecule has 6 nitrogen and oxygen atoms in total. The molecule has 1 atom stereocenters. The fraction of sp³-hybridized carbons (Fsp3) is 0.500. The molecule has 1 rings (SSSR count). The van der Waals surface area contributed by atoms with Crippen molar-refractivity contribution in [2.24, 2.45) is 0 Å². The lowest BCUT2D eigenvalue weighted by molar-refractivity contribution is -0.161. The van der Waals surface area contributed by atoms with Crippen molar-refractivity contribution in [2.75, 3.05) is 6.61 Å². The zero-order chi connectivity index (χ0) is 18.3. The quantitative estimate of drug-likeness (QED) is 0.536. The molecule has 24 heavy (non-hydrogen) atoms. The van der Waals surface area contributed by atoms with Crippen molar-refractivity contribution in [2.45, 2.75) is 53.2 Å². The maximum Gasteiger partial charge on any atom is 0.378 e. The number of aryl methyl sites for hydroxylation is 2. The number of carbonyl (C=O) groups excluding carboxylic acids is 3. The van der Waals surface area contributed by atoms with Crippen LogP contribution in [-0.4, -0.2) is 36.5 Å². The molecule has 1 aromatic carbocycles. The Morgan fingerprint density at radius 2 is 1.75 bits per heavy atom. The minimum absolute atomic E-state index is 0.0279. The fourth-order valence-electron chi connectivity index (χ4n) is 1.87. The number of ether oxygens (including phenoxy) is 3. The molecule has 0 saturated carbocycles. The van der Waals surface area contributed by atoms with E-state index >= 15 is 0 Å². The van der Waals surface area contributed by atoms with E-state index in [2.05, 4.69) is 0 Å². The highest BCUT2D eigenvalue weighted by Crippen LogP contribution is 2.21. The number of hydrogen-bond donors (Lipinski definition) is 0. The third-order valence-electron chi connectivity index (χ3n) is 3.06. The largest absolute Gasteiger partial charge is 0.490 e. The first-order valence-electron chi connectivity index (χ1n) is 7.82. The summed E-state index contributed by atoms with van der Waals surface area (Å²) < 4.78 is 15.2. The second kappa shape index (κ2) is 9.05. The van der Waals surface area contributed by atoms with E-state index in [1.54, 1.807) is 20.8 Å². The second-order valence-corrected chi connectivity index (χ2v) is 5.94. The van der Waals surface area contributed by atoms with Gasteiger partial charge in [-0.2, -0.15) is 0 Å². The Morgan fingerprint density at radius 3 is 2.38 bits per heavy atom. The minimum atomic E-state index is -1.00. The third-order valence-corrected chi connectivity index (χ3v) is 3.06. The molecule has 1 unspecified atom stereocenters. The predicted molar refractivity (Wildman–Crippen MR) is 87.8 cm³/mol. The van der Waals surface area contributed by atoms with Crippen molar-refractivity contribution >= 4 is 17.7 Å². The van der Waals surface area contributed by atoms with Crippen LogP contribution in [-0.2, 0) is 23.9 Å². The lowest BCUT2D eigenvalue weighted by Gasteiger charge is -2.16. The van der Waals surface area contributed by atoms with Crippen molar-refractivity contribution in [3.8, 4) is 5.75 Å². The number of benzene rings is 1. The van der Waals surface area contributed by atoms with Crippen LogP contribution in [0.25, 0.3) is 0 Å². The van der Waals surface area contributed by atoms with E-state index in [-0.39, 0.29) is 6.42 Å². The molecule has 0 aliphatic rings. The summed E-state index contributed by atoms with van der Waals surface area (Å²) in [5.41, 5.74) is 2.02. The molecule has 0 bridgehead atoms. The fourth-order valence-corrected chi connectivity index (χ4v) is 1.87. The second-order valence-electron chi connectivity index (χ2n) is 5.94. The number of esters is 2. The first-order valence-corrected chi connectivity index (χ1v) is 7.82. The van der Waals surface area contributed by atoms with Crippen LogP contribution in [0.2, 0.25) is 0 Å². The van der Waals surface area contributed by atoms with Gasteiger partial charge in [-0.15, -0.1) is 0 Å². The molecule has 0 heterocycles. The van der Waals surface area contributed by atoms with Gasteiger partial charge in [0, 0.05) is 0 Å². The van der Waals surface area contributed by atoms with Gasteiger partial charge in [0.2, 0.25) is 0 Å². The monoisotopic (exact) mass is 336 g/mol. The van der Waals surface area contributed by atoms with Crippen LogP contribution in [0, 0.1) is 13.8 Å². The summed E-state index contributed by atoms with van der Waals surface area (Å²) >= 11 is 0. The van der Waals surface area contributed by atoms with Gasteiger partial charge >= 0.3 is 11.9 Å². The summed E-state index contributed by atoms with van der Waals surface area (Å²) in [5, 5.41) is 0. The Labute approximate surface area is 142 Å². The molecule has 6 heteroatoms. The number of rotatable bonds is 8. The van der Waals surface area contributed by atoms with Crippen molar-refractivity contribution in [3.05, 3.63) is 29.3 Å². The first-order chi connectivity index (χ1) is 11.2. The van der Waals surface area contributed by atoms with Gasteiger partial charge in [-0.25, -0.2) is 4.79 Å². The van der Waals surface area contributed by atoms with E-state index in [1.165, 1.54) is 0 Å². The van der Waals surface area contributed by atoms with Crippen LogP contribution in [0.4, 0.5) is 0 Å². The van der Waals surface area contributed by atoms with Gasteiger partial charge in [0.1, 0.15) is 11.9 Å². The van der Waals surface area contributed by atoms with E-state index in [0.29, 0.717) is 5.75 Å². The summed E-state index contributed by atoms with van der Waals surface area (Å²) in [7, 11) is 0. The van der Waals surface area contributed by atoms with Crippen molar-refractivity contribution in [1.82, 2.24) is 0 Å². The molecule has 0 amide bonds. The molecular weight excluding hydrogens is 312 g/mol. The van der Waals surface area contributed by atoms with Gasteiger partial charge < -0.3 is 14.2 Å². The van der Waals surface area contributed by atoms with Gasteiger partial charge in [-0.3, -0.25) is 9.59 Å². The zero-order valence-corrected chi connectivity index (χ0v) is 14.8. The molecule has 0 radical (unpaired) electrons. The van der Waals surface area contributed by atoms with Crippen molar-refractivity contribution in [3.63, 3.8) is 0 Å². The summed E-state index contributed by atoms with van der Waals surface area (Å²) in [6.45, 7) is 8.23. The van der Waals surface area contributed by atoms with Crippen LogP contribution in [0.3, 0.4) is 0 Å². The Hall–Kier alpha value is -2.37. The lowest BCUT2D eigenvalue weighted by Crippen LogP contribution is -2.27. The first kappa shape index (κ1) is 19.7. The Morgan fingerprint density at radius 1 is 1.08 bits per heavy atom. The Bertz CT molecular complexity index is 606. The molecule has 1 aromatic rings. The highest BCUT2D eigenvalue weighted by molar-refractivity contribution is 6.34. The Balaban J connectivity index is 2.43. The normalized spacial score (nSPS) is 11.8. The molecular formula is C18H24O6. The van der Waals surface area contributed by atoms with Gasteiger partial charge in [0.15, 0.2) is 6.61 Å². The Kier molecular flexibility index (Phi) is 7.42. The SMILES string of the molecule is Cc1ccc(C)c(OC(C)CC(=O)OCC(=O)C(=O)OC(C)C)c1. The number of carbonyl (C=O) groups is 3. The summed E-state index contributed by atoms with van der Waals surface area (Å²) in [4.78, 5) is 34.5. The van der Waals surface area contributed by atoms with Crippen LogP contribution < -0.4 is 4.74 Å². The molecule has 0 aliphatic carbocycles. The highest BCUT2D eigenvalue weighted by Gasteiger charge is 2.20. The van der Waals surface area contributed by atoms with Gasteiger partial charge in [-0.1, -0.05) is 12.1 Å². The summed E-state index contributed by atoms with van der Waals surface area (Å²) in [6.07, 6.45) is -0.848. The highest BCUT2D eigenvalue weighted by atomic mass is 16.6. The number of Topliss-reactive ketones (excluding diaryl/α,β-unsaturated/α-hetero) is 1. The van der Waals surface area contributed by atoms with Crippen LogP contribution in [0.5, 0.6) is 5.75 Å². The van der Waals surface area contributed by atoms with Crippen LogP contribution >= 0.6 is 0 Å². The van der Waals surface area contributed by atoms with Gasteiger partial charge in [0.25, 0.3) is 5.78 Å². The van der Waals surface area contributed by atoms with E-state index in [1.807, 2.05) is 32.0 Å². The average Bonchev–Trinajstić information content (AvgIpc) is 2.47. The third kappa shape index (κ3) is 6.81. The number of ketones is 1. The lowest BCUT2D eigenvalue weighted by atomic mass is 10.1. The predicted octanol–water partition coefficient (Wildman–Crippen LogP) is 2.52. The number of hydrogen-bond acceptors (Lipinski definition) is 6. The topological polar surface area (TPSA) is 78.9 Å². The molecule has 132 valence electrons. The average molecular weight is 336 g/mol. The molecule has 0 aromatic heterocycles. The molecule has 0 spiro atoms. The minimum Gasteiger partial charge on any atom is -0.490 e. The zero-order valence-electron chi connectivity index (χ0n) is 14.8. The molecule has 0 fully saturated rings. The summed E-state index contributed by atoms with van der Waals surface area (Å²) in [6, 6.07) is 5.81. The molecule has 0 saturated heterocycles. The van der Waals surface area contributed by atoms with E-state index in [4.69, 9.17) is 14.2 Å². The van der Waals surface area contributed by atoms with E-state index in [0.717, 1.165) is 11.1 Å².